The van der Waals surface area contributed by atoms with Gasteiger partial charge in [0.1, 0.15) is 13.1 Å². The number of carbonyl (C=O) groups excluding carboxylic acids is 2. The number of amides is 2. The first-order valence-electron chi connectivity index (χ1n) is 8.22. The summed E-state index contributed by atoms with van der Waals surface area (Å²) in [7, 11) is 0. The Morgan fingerprint density at radius 1 is 1.38 bits per heavy atom. The minimum absolute atomic E-state index is 0.107. The summed E-state index contributed by atoms with van der Waals surface area (Å²) in [5.74, 6) is -1.92. The third-order valence-electron chi connectivity index (χ3n) is 4.31. The SMILES string of the molecule is CC(=O)N(CC(=O)O)C1CCCN(C(=O)Cn2ccc([N+](=O)[O-])n2)CC1. The van der Waals surface area contributed by atoms with Gasteiger partial charge in [0.2, 0.25) is 11.8 Å². The molecule has 1 aliphatic heterocycles. The average Bonchev–Trinajstić information content (AvgIpc) is 2.88. The molecular weight excluding hydrogens is 346 g/mol. The van der Waals surface area contributed by atoms with Gasteiger partial charge in [-0.05, 0) is 24.2 Å². The molecule has 0 saturated carbocycles. The Hall–Kier alpha value is -2.98. The number of likely N-dealkylation sites (tertiary alicyclic amines) is 1. The van der Waals surface area contributed by atoms with E-state index < -0.39 is 10.9 Å². The van der Waals surface area contributed by atoms with Crippen LogP contribution in [0.3, 0.4) is 0 Å². The third kappa shape index (κ3) is 5.01. The number of carboxylic acids is 1. The predicted molar refractivity (Wildman–Crippen MR) is 88.1 cm³/mol. The second-order valence-corrected chi connectivity index (χ2v) is 6.13. The molecule has 1 unspecified atom stereocenters. The van der Waals surface area contributed by atoms with E-state index in [1.165, 1.54) is 28.8 Å². The lowest BCUT2D eigenvalue weighted by Crippen LogP contribution is -2.43. The van der Waals surface area contributed by atoms with E-state index in [1.54, 1.807) is 4.90 Å². The number of aliphatic carboxylic acids is 1. The van der Waals surface area contributed by atoms with Crippen molar-refractivity contribution in [3.05, 3.63) is 22.4 Å². The predicted octanol–water partition coefficient (Wildman–Crippen LogP) is 0.106. The summed E-state index contributed by atoms with van der Waals surface area (Å²) >= 11 is 0. The molecule has 1 fully saturated rings. The molecule has 1 aliphatic rings. The molecule has 11 heteroatoms. The summed E-state index contributed by atoms with van der Waals surface area (Å²) in [6, 6.07) is 0.995. The lowest BCUT2D eigenvalue weighted by atomic mass is 10.1. The molecule has 2 amide bonds. The molecule has 1 saturated heterocycles. The van der Waals surface area contributed by atoms with Crippen LogP contribution in [0.1, 0.15) is 26.2 Å². The Bertz CT molecular complexity index is 702. The van der Waals surface area contributed by atoms with Gasteiger partial charge in [-0.1, -0.05) is 0 Å². The molecule has 1 aromatic rings. The van der Waals surface area contributed by atoms with Gasteiger partial charge < -0.3 is 25.0 Å². The van der Waals surface area contributed by atoms with Crippen LogP contribution < -0.4 is 0 Å². The maximum atomic E-state index is 12.4. The van der Waals surface area contributed by atoms with Crippen molar-refractivity contribution >= 4 is 23.6 Å². The molecular formula is C15H21N5O6. The second kappa shape index (κ2) is 8.41. The molecule has 11 nitrogen and oxygen atoms in total. The summed E-state index contributed by atoms with van der Waals surface area (Å²) in [5.41, 5.74) is 0. The lowest BCUT2D eigenvalue weighted by Gasteiger charge is -2.28. The highest BCUT2D eigenvalue weighted by Crippen LogP contribution is 2.18. The van der Waals surface area contributed by atoms with Gasteiger partial charge in [-0.3, -0.25) is 14.4 Å². The van der Waals surface area contributed by atoms with E-state index in [1.807, 2.05) is 0 Å². The van der Waals surface area contributed by atoms with Gasteiger partial charge in [0.15, 0.2) is 0 Å². The summed E-state index contributed by atoms with van der Waals surface area (Å²) in [6.07, 6.45) is 3.11. The number of hydrogen-bond acceptors (Lipinski definition) is 6. The molecule has 2 rings (SSSR count). The molecule has 0 spiro atoms. The fourth-order valence-electron chi connectivity index (χ4n) is 3.06. The van der Waals surface area contributed by atoms with Crippen LogP contribution in [0, 0.1) is 10.1 Å². The van der Waals surface area contributed by atoms with Crippen LogP contribution in [-0.4, -0.2) is 73.1 Å². The Kier molecular flexibility index (Phi) is 6.26. The van der Waals surface area contributed by atoms with E-state index in [4.69, 9.17) is 5.11 Å². The highest BCUT2D eigenvalue weighted by molar-refractivity contribution is 5.80. The number of nitro groups is 1. The molecule has 0 radical (unpaired) electrons. The van der Waals surface area contributed by atoms with Crippen LogP contribution in [0.25, 0.3) is 0 Å². The van der Waals surface area contributed by atoms with Gasteiger partial charge in [0.05, 0.1) is 17.4 Å². The highest BCUT2D eigenvalue weighted by atomic mass is 16.6. The zero-order valence-electron chi connectivity index (χ0n) is 14.4. The van der Waals surface area contributed by atoms with E-state index in [9.17, 15) is 24.5 Å². The Morgan fingerprint density at radius 3 is 2.69 bits per heavy atom. The molecule has 26 heavy (non-hydrogen) atoms. The third-order valence-corrected chi connectivity index (χ3v) is 4.31. The average molecular weight is 367 g/mol. The Labute approximate surface area is 149 Å². The number of nitrogens with zero attached hydrogens (tertiary/aromatic N) is 5. The topological polar surface area (TPSA) is 139 Å². The maximum absolute atomic E-state index is 12.4. The Morgan fingerprint density at radius 2 is 2.12 bits per heavy atom. The first-order valence-corrected chi connectivity index (χ1v) is 8.22. The van der Waals surface area contributed by atoms with E-state index in [2.05, 4.69) is 5.10 Å². The Balaban J connectivity index is 1.95. The van der Waals surface area contributed by atoms with E-state index >= 15 is 0 Å². The van der Waals surface area contributed by atoms with Gasteiger partial charge in [0.25, 0.3) is 0 Å². The van der Waals surface area contributed by atoms with E-state index in [0.29, 0.717) is 32.4 Å². The van der Waals surface area contributed by atoms with Crippen molar-refractivity contribution in [3.8, 4) is 0 Å². The van der Waals surface area contributed by atoms with Crippen molar-refractivity contribution in [2.45, 2.75) is 38.8 Å². The molecule has 1 aromatic heterocycles. The fourth-order valence-corrected chi connectivity index (χ4v) is 3.06. The zero-order valence-corrected chi connectivity index (χ0v) is 14.4. The smallest absolute Gasteiger partial charge is 0.389 e. The molecule has 1 atom stereocenters. The van der Waals surface area contributed by atoms with Crippen molar-refractivity contribution in [2.75, 3.05) is 19.6 Å². The summed E-state index contributed by atoms with van der Waals surface area (Å²) in [6.45, 7) is 1.74. The molecule has 0 bridgehead atoms. The molecule has 1 N–H and O–H groups in total. The number of rotatable bonds is 6. The largest absolute Gasteiger partial charge is 0.480 e. The fraction of sp³-hybridized carbons (Fsp3) is 0.600. The van der Waals surface area contributed by atoms with Crippen molar-refractivity contribution in [1.82, 2.24) is 19.6 Å². The first-order chi connectivity index (χ1) is 12.3. The second-order valence-electron chi connectivity index (χ2n) is 6.13. The highest BCUT2D eigenvalue weighted by Gasteiger charge is 2.28. The van der Waals surface area contributed by atoms with Crippen molar-refractivity contribution in [2.24, 2.45) is 0 Å². The maximum Gasteiger partial charge on any atom is 0.389 e. The monoisotopic (exact) mass is 367 g/mol. The minimum Gasteiger partial charge on any atom is -0.480 e. The van der Waals surface area contributed by atoms with Crippen molar-refractivity contribution < 1.29 is 24.4 Å². The van der Waals surface area contributed by atoms with Gasteiger partial charge in [0, 0.05) is 26.1 Å². The molecule has 0 aliphatic carbocycles. The summed E-state index contributed by atoms with van der Waals surface area (Å²) in [5, 5.41) is 23.3. The van der Waals surface area contributed by atoms with E-state index in [-0.39, 0.29) is 36.8 Å². The van der Waals surface area contributed by atoms with Crippen LogP contribution in [0.15, 0.2) is 12.3 Å². The van der Waals surface area contributed by atoms with Crippen LogP contribution >= 0.6 is 0 Å². The van der Waals surface area contributed by atoms with Gasteiger partial charge >= 0.3 is 11.8 Å². The molecule has 2 heterocycles. The normalized spacial score (nSPS) is 17.4. The van der Waals surface area contributed by atoms with Crippen LogP contribution in [-0.2, 0) is 20.9 Å². The van der Waals surface area contributed by atoms with Gasteiger partial charge in [-0.2, -0.15) is 4.68 Å². The number of carbonyl (C=O) groups is 3. The summed E-state index contributed by atoms with van der Waals surface area (Å²) < 4.78 is 1.22. The van der Waals surface area contributed by atoms with Crippen molar-refractivity contribution in [1.29, 1.82) is 0 Å². The summed E-state index contributed by atoms with van der Waals surface area (Å²) in [4.78, 5) is 48.0. The van der Waals surface area contributed by atoms with Crippen LogP contribution in [0.2, 0.25) is 0 Å². The molecule has 0 aromatic carbocycles. The van der Waals surface area contributed by atoms with Crippen LogP contribution in [0.5, 0.6) is 0 Å². The first kappa shape index (κ1) is 19.3. The standard InChI is InChI=1S/C15H21N5O6/c1-11(21)19(10-15(23)24)12-3-2-6-17(7-4-12)14(22)9-18-8-5-13(16-18)20(25)26/h5,8,12H,2-4,6-7,9-10H2,1H3,(H,23,24). The minimum atomic E-state index is -1.07. The van der Waals surface area contributed by atoms with Crippen molar-refractivity contribution in [3.63, 3.8) is 0 Å². The zero-order chi connectivity index (χ0) is 19.3. The lowest BCUT2D eigenvalue weighted by molar-refractivity contribution is -0.389. The van der Waals surface area contributed by atoms with Gasteiger partial charge in [-0.15, -0.1) is 0 Å². The molecule has 142 valence electrons. The quantitative estimate of drug-likeness (QED) is 0.556. The van der Waals surface area contributed by atoms with Crippen LogP contribution in [0.4, 0.5) is 5.82 Å². The number of aromatic nitrogens is 2. The van der Waals surface area contributed by atoms with Gasteiger partial charge in [-0.25, -0.2) is 0 Å². The number of carboxylic acid groups (broad SMARTS) is 1. The number of hydrogen-bond donors (Lipinski definition) is 1. The van der Waals surface area contributed by atoms with E-state index in [0.717, 1.165) is 0 Å².